The Morgan fingerprint density at radius 3 is 2.58 bits per heavy atom. The number of halogens is 2. The van der Waals surface area contributed by atoms with Crippen molar-refractivity contribution >= 4 is 31.0 Å². The van der Waals surface area contributed by atoms with E-state index in [4.69, 9.17) is 9.47 Å². The number of likely N-dealkylation sites (tertiary alicyclic amines) is 1. The number of carbonyl (C=O) groups excluding carboxylic acids is 1. The number of nitrogens with zero attached hydrogens (tertiary/aromatic N) is 3. The molecule has 1 aliphatic rings. The lowest BCUT2D eigenvalue weighted by Gasteiger charge is -2.30. The van der Waals surface area contributed by atoms with Gasteiger partial charge in [0.2, 0.25) is 5.95 Å². The van der Waals surface area contributed by atoms with Gasteiger partial charge in [-0.15, -0.1) is 0 Å². The van der Waals surface area contributed by atoms with Crippen molar-refractivity contribution in [2.75, 3.05) is 39.2 Å². The number of imidazole rings is 1. The lowest BCUT2D eigenvalue weighted by molar-refractivity contribution is 0.0600. The summed E-state index contributed by atoms with van der Waals surface area (Å²) in [6.07, 6.45) is 1.80. The number of fused-ring (bicyclic) bond motifs is 1. The Labute approximate surface area is 182 Å². The lowest BCUT2D eigenvalue weighted by Crippen LogP contribution is -2.37. The molecule has 0 aliphatic carbocycles. The van der Waals surface area contributed by atoms with Crippen LogP contribution in [0.2, 0.25) is 25.7 Å². The minimum atomic E-state index is -1.29. The third-order valence-corrected chi connectivity index (χ3v) is 7.29. The van der Waals surface area contributed by atoms with E-state index in [0.717, 1.165) is 38.0 Å². The molecule has 7 nitrogen and oxygen atoms in total. The van der Waals surface area contributed by atoms with E-state index in [0.29, 0.717) is 12.6 Å². The number of carbonyl (C=O) groups is 1. The molecule has 2 aromatic rings. The molecule has 1 aromatic carbocycles. The second-order valence-electron chi connectivity index (χ2n) is 9.34. The lowest BCUT2D eigenvalue weighted by atomic mass is 10.1. The van der Waals surface area contributed by atoms with Crippen LogP contribution in [0.15, 0.2) is 6.07 Å². The topological polar surface area (TPSA) is 68.6 Å². The zero-order valence-corrected chi connectivity index (χ0v) is 19.9. The van der Waals surface area contributed by atoms with Crippen molar-refractivity contribution in [1.29, 1.82) is 0 Å². The highest BCUT2D eigenvalue weighted by molar-refractivity contribution is 6.76. The van der Waals surface area contributed by atoms with Crippen LogP contribution in [0, 0.1) is 11.6 Å². The first kappa shape index (κ1) is 23.6. The molecule has 10 heteroatoms. The van der Waals surface area contributed by atoms with Crippen molar-refractivity contribution in [3.05, 3.63) is 23.3 Å². The molecule has 0 spiro atoms. The van der Waals surface area contributed by atoms with Crippen LogP contribution in [-0.4, -0.2) is 68.4 Å². The van der Waals surface area contributed by atoms with Gasteiger partial charge in [-0.3, -0.25) is 4.57 Å². The SMILES string of the molecule is COC(=O)c1cc(F)c(F)c2nc(NC3CCN(C)CC3)n(COCC[Si](C)(C)C)c12. The zero-order valence-electron chi connectivity index (χ0n) is 18.9. The Bertz CT molecular complexity index is 937. The predicted molar refractivity (Wildman–Crippen MR) is 119 cm³/mol. The standard InChI is InChI=1S/C21H32F2N4O3Si/c1-26-8-6-14(7-9-26)24-21-25-18-17(23)16(22)12-15(20(28)29-2)19(18)27(21)13-30-10-11-31(3,4)5/h12,14H,6-11,13H2,1-5H3,(H,24,25). The minimum absolute atomic E-state index is 0.0744. The monoisotopic (exact) mass is 454 g/mol. The van der Waals surface area contributed by atoms with Crippen molar-refractivity contribution < 1.29 is 23.0 Å². The van der Waals surface area contributed by atoms with Crippen LogP contribution in [0.1, 0.15) is 23.2 Å². The van der Waals surface area contributed by atoms with Crippen LogP contribution >= 0.6 is 0 Å². The van der Waals surface area contributed by atoms with E-state index in [1.54, 1.807) is 4.57 Å². The van der Waals surface area contributed by atoms with Gasteiger partial charge in [0.25, 0.3) is 0 Å². The molecule has 0 unspecified atom stereocenters. The van der Waals surface area contributed by atoms with Gasteiger partial charge >= 0.3 is 5.97 Å². The van der Waals surface area contributed by atoms with E-state index in [2.05, 4.69) is 41.9 Å². The second-order valence-corrected chi connectivity index (χ2v) is 15.0. The highest BCUT2D eigenvalue weighted by Gasteiger charge is 2.26. The maximum absolute atomic E-state index is 14.6. The van der Waals surface area contributed by atoms with Gasteiger partial charge < -0.3 is 19.7 Å². The van der Waals surface area contributed by atoms with E-state index < -0.39 is 25.7 Å². The van der Waals surface area contributed by atoms with Gasteiger partial charge in [-0.2, -0.15) is 0 Å². The number of esters is 1. The average molecular weight is 455 g/mol. The minimum Gasteiger partial charge on any atom is -0.465 e. The van der Waals surface area contributed by atoms with E-state index in [-0.39, 0.29) is 29.4 Å². The summed E-state index contributed by atoms with van der Waals surface area (Å²) in [7, 11) is 1.98. The van der Waals surface area contributed by atoms with Gasteiger partial charge in [0, 0.05) is 20.7 Å². The Balaban J connectivity index is 1.99. The molecule has 0 radical (unpaired) electrons. The van der Waals surface area contributed by atoms with Crippen LogP contribution in [-0.2, 0) is 16.2 Å². The Hall–Kier alpha value is -2.04. The first-order chi connectivity index (χ1) is 14.6. The summed E-state index contributed by atoms with van der Waals surface area (Å²) in [5.41, 5.74) is -0.104. The van der Waals surface area contributed by atoms with Crippen molar-refractivity contribution in [2.24, 2.45) is 0 Å². The molecule has 1 aliphatic heterocycles. The number of nitrogens with one attached hydrogen (secondary N) is 1. The number of anilines is 1. The average Bonchev–Trinajstić information content (AvgIpc) is 3.06. The summed E-state index contributed by atoms with van der Waals surface area (Å²) in [6, 6.07) is 1.97. The summed E-state index contributed by atoms with van der Waals surface area (Å²) < 4.78 is 41.2. The van der Waals surface area contributed by atoms with E-state index in [1.807, 2.05) is 0 Å². The number of aromatic nitrogens is 2. The summed E-state index contributed by atoms with van der Waals surface area (Å²) >= 11 is 0. The molecule has 0 amide bonds. The Morgan fingerprint density at radius 1 is 1.29 bits per heavy atom. The van der Waals surface area contributed by atoms with Crippen molar-refractivity contribution in [2.45, 2.75) is 51.3 Å². The first-order valence-corrected chi connectivity index (χ1v) is 14.3. The fraction of sp³-hybridized carbons (Fsp3) is 0.619. The van der Waals surface area contributed by atoms with Crippen LogP contribution in [0.25, 0.3) is 11.0 Å². The number of benzene rings is 1. The predicted octanol–water partition coefficient (Wildman–Crippen LogP) is 3.92. The zero-order chi connectivity index (χ0) is 22.8. The molecule has 0 saturated carbocycles. The molecule has 0 bridgehead atoms. The summed E-state index contributed by atoms with van der Waals surface area (Å²) in [4.78, 5) is 18.9. The number of methoxy groups -OCH3 is 1. The molecular formula is C21H32F2N4O3Si. The van der Waals surface area contributed by atoms with Crippen LogP contribution in [0.5, 0.6) is 0 Å². The number of hydrogen-bond acceptors (Lipinski definition) is 6. The van der Waals surface area contributed by atoms with Gasteiger partial charge in [0.1, 0.15) is 12.2 Å². The number of rotatable bonds is 8. The van der Waals surface area contributed by atoms with E-state index in [1.165, 1.54) is 7.11 Å². The second kappa shape index (κ2) is 9.62. The first-order valence-electron chi connectivity index (χ1n) is 10.6. The Kier molecular flexibility index (Phi) is 7.33. The van der Waals surface area contributed by atoms with Crippen LogP contribution in [0.3, 0.4) is 0 Å². The fourth-order valence-corrected chi connectivity index (χ4v) is 4.38. The molecule has 1 N–H and O–H groups in total. The van der Waals surface area contributed by atoms with Gasteiger partial charge in [0.05, 0.1) is 18.2 Å². The number of piperidine rings is 1. The molecule has 0 atom stereocenters. The van der Waals surface area contributed by atoms with Gasteiger partial charge in [-0.1, -0.05) is 19.6 Å². The van der Waals surface area contributed by atoms with Gasteiger partial charge in [-0.25, -0.2) is 18.6 Å². The summed E-state index contributed by atoms with van der Waals surface area (Å²) in [5, 5.41) is 3.36. The maximum Gasteiger partial charge on any atom is 0.340 e. The Morgan fingerprint density at radius 2 is 1.97 bits per heavy atom. The maximum atomic E-state index is 14.6. The third kappa shape index (κ3) is 5.61. The largest absolute Gasteiger partial charge is 0.465 e. The van der Waals surface area contributed by atoms with Crippen molar-refractivity contribution in [1.82, 2.24) is 14.5 Å². The molecule has 1 saturated heterocycles. The number of hydrogen-bond donors (Lipinski definition) is 1. The molecule has 3 rings (SSSR count). The highest BCUT2D eigenvalue weighted by atomic mass is 28.3. The molecule has 31 heavy (non-hydrogen) atoms. The van der Waals surface area contributed by atoms with Crippen molar-refractivity contribution in [3.8, 4) is 0 Å². The molecule has 1 aromatic heterocycles. The van der Waals surface area contributed by atoms with E-state index >= 15 is 0 Å². The summed E-state index contributed by atoms with van der Waals surface area (Å²) in [5.74, 6) is -2.61. The quantitative estimate of drug-likeness (QED) is 0.370. The molecule has 1 fully saturated rings. The van der Waals surface area contributed by atoms with Gasteiger partial charge in [-0.05, 0) is 45.1 Å². The smallest absolute Gasteiger partial charge is 0.340 e. The fourth-order valence-electron chi connectivity index (χ4n) is 3.62. The molecule has 2 heterocycles. The highest BCUT2D eigenvalue weighted by Crippen LogP contribution is 2.29. The molecule has 172 valence electrons. The normalized spacial score (nSPS) is 16.1. The molecular weight excluding hydrogens is 422 g/mol. The van der Waals surface area contributed by atoms with E-state index in [9.17, 15) is 13.6 Å². The van der Waals surface area contributed by atoms with Crippen LogP contribution < -0.4 is 5.32 Å². The van der Waals surface area contributed by atoms with Crippen molar-refractivity contribution in [3.63, 3.8) is 0 Å². The van der Waals surface area contributed by atoms with Gasteiger partial charge in [0.15, 0.2) is 11.6 Å². The third-order valence-electron chi connectivity index (χ3n) is 5.59. The number of ether oxygens (including phenoxy) is 2. The summed E-state index contributed by atoms with van der Waals surface area (Å²) in [6.45, 7) is 9.24. The van der Waals surface area contributed by atoms with Crippen LogP contribution in [0.4, 0.5) is 14.7 Å².